The van der Waals surface area contributed by atoms with Crippen LogP contribution in [0.1, 0.15) is 45.5 Å². The fraction of sp³-hybridized carbons (Fsp3) is 0.389. The zero-order chi connectivity index (χ0) is 16.4. The van der Waals surface area contributed by atoms with Crippen LogP contribution in [0.3, 0.4) is 0 Å². The average Bonchev–Trinajstić information content (AvgIpc) is 2.95. The van der Waals surface area contributed by atoms with Gasteiger partial charge in [0, 0.05) is 30.4 Å². The number of aromatic nitrogens is 2. The maximum absolute atomic E-state index is 11.1. The molecule has 0 spiro atoms. The number of aromatic carboxylic acids is 1. The van der Waals surface area contributed by atoms with Gasteiger partial charge in [0.25, 0.3) is 0 Å². The number of nitrogens with zero attached hydrogens (tertiary/aromatic N) is 3. The summed E-state index contributed by atoms with van der Waals surface area (Å²) in [5.74, 6) is 0.412. The van der Waals surface area contributed by atoms with E-state index in [9.17, 15) is 4.79 Å². The van der Waals surface area contributed by atoms with Crippen molar-refractivity contribution in [3.63, 3.8) is 0 Å². The number of hydrogen-bond donors (Lipinski definition) is 1. The Morgan fingerprint density at radius 2 is 2.00 bits per heavy atom. The fourth-order valence-corrected chi connectivity index (χ4v) is 3.18. The van der Waals surface area contributed by atoms with Gasteiger partial charge in [0.1, 0.15) is 5.82 Å². The van der Waals surface area contributed by atoms with E-state index in [1.165, 1.54) is 0 Å². The van der Waals surface area contributed by atoms with Crippen molar-refractivity contribution in [1.82, 2.24) is 14.9 Å². The normalized spacial score (nSPS) is 18.3. The van der Waals surface area contributed by atoms with Gasteiger partial charge in [0.15, 0.2) is 0 Å². The van der Waals surface area contributed by atoms with Gasteiger partial charge in [0.2, 0.25) is 0 Å². The molecule has 2 aromatic rings. The van der Waals surface area contributed by atoms with Gasteiger partial charge in [-0.2, -0.15) is 0 Å². The van der Waals surface area contributed by atoms with E-state index in [1.54, 1.807) is 18.2 Å². The Morgan fingerprint density at radius 1 is 1.26 bits per heavy atom. The van der Waals surface area contributed by atoms with Gasteiger partial charge in [0.05, 0.1) is 5.56 Å². The molecule has 0 amide bonds. The molecule has 0 bridgehead atoms. The highest BCUT2D eigenvalue weighted by Gasteiger charge is 2.26. The Kier molecular flexibility index (Phi) is 4.39. The molecule has 5 heteroatoms. The van der Waals surface area contributed by atoms with Crippen molar-refractivity contribution in [2.45, 2.75) is 32.7 Å². The summed E-state index contributed by atoms with van der Waals surface area (Å²) in [7, 11) is 0. The lowest BCUT2D eigenvalue weighted by atomic mass is 10.1. The highest BCUT2D eigenvalue weighted by atomic mass is 16.4. The van der Waals surface area contributed by atoms with Crippen molar-refractivity contribution >= 4 is 5.97 Å². The van der Waals surface area contributed by atoms with Gasteiger partial charge in [-0.05, 0) is 50.6 Å². The molecule has 1 fully saturated rings. The van der Waals surface area contributed by atoms with Crippen molar-refractivity contribution < 1.29 is 9.90 Å². The van der Waals surface area contributed by atoms with Gasteiger partial charge < -0.3 is 5.11 Å². The third-order valence-electron chi connectivity index (χ3n) is 4.22. The number of carbonyl (C=O) groups is 1. The molecule has 0 aliphatic carbocycles. The third-order valence-corrected chi connectivity index (χ3v) is 4.22. The van der Waals surface area contributed by atoms with E-state index < -0.39 is 5.97 Å². The molecule has 2 heterocycles. The number of aryl methyl sites for hydroxylation is 2. The topological polar surface area (TPSA) is 66.3 Å². The Morgan fingerprint density at radius 3 is 2.70 bits per heavy atom. The third kappa shape index (κ3) is 3.74. The molecule has 0 unspecified atom stereocenters. The molecule has 5 nitrogen and oxygen atoms in total. The van der Waals surface area contributed by atoms with Gasteiger partial charge in [-0.1, -0.05) is 12.1 Å². The largest absolute Gasteiger partial charge is 0.478 e. The summed E-state index contributed by atoms with van der Waals surface area (Å²) in [5, 5.41) is 9.08. The van der Waals surface area contributed by atoms with E-state index in [2.05, 4.69) is 14.9 Å². The quantitative estimate of drug-likeness (QED) is 0.940. The van der Waals surface area contributed by atoms with E-state index in [1.807, 2.05) is 26.0 Å². The molecule has 0 radical (unpaired) electrons. The van der Waals surface area contributed by atoms with E-state index in [0.717, 1.165) is 48.8 Å². The summed E-state index contributed by atoms with van der Waals surface area (Å²) in [4.78, 5) is 22.6. The van der Waals surface area contributed by atoms with E-state index in [4.69, 9.17) is 5.11 Å². The Balaban J connectivity index is 1.68. The van der Waals surface area contributed by atoms with Crippen LogP contribution in [0.25, 0.3) is 0 Å². The second-order valence-electron chi connectivity index (χ2n) is 6.24. The first-order valence-electron chi connectivity index (χ1n) is 7.88. The maximum atomic E-state index is 11.1. The number of likely N-dealkylation sites (tertiary alicyclic amines) is 1. The van der Waals surface area contributed by atoms with Crippen LogP contribution >= 0.6 is 0 Å². The summed E-state index contributed by atoms with van der Waals surface area (Å²) in [6, 6.07) is 9.16. The van der Waals surface area contributed by atoms with E-state index in [0.29, 0.717) is 11.5 Å². The zero-order valence-electron chi connectivity index (χ0n) is 13.5. The van der Waals surface area contributed by atoms with Crippen LogP contribution in [-0.2, 0) is 6.54 Å². The molecular formula is C18H21N3O2. The minimum atomic E-state index is -0.880. The Bertz CT molecular complexity index is 710. The maximum Gasteiger partial charge on any atom is 0.335 e. The van der Waals surface area contributed by atoms with E-state index in [-0.39, 0.29) is 0 Å². The van der Waals surface area contributed by atoms with Crippen molar-refractivity contribution in [2.75, 3.05) is 13.1 Å². The smallest absolute Gasteiger partial charge is 0.335 e. The molecule has 1 aliphatic heterocycles. The van der Waals surface area contributed by atoms with Crippen LogP contribution in [0, 0.1) is 13.8 Å². The van der Waals surface area contributed by atoms with Crippen molar-refractivity contribution in [1.29, 1.82) is 0 Å². The Hall–Kier alpha value is -2.27. The molecule has 1 saturated heterocycles. The predicted molar refractivity (Wildman–Crippen MR) is 87.5 cm³/mol. The minimum Gasteiger partial charge on any atom is -0.478 e. The first kappa shape index (κ1) is 15.6. The molecule has 120 valence electrons. The lowest BCUT2D eigenvalue weighted by Gasteiger charge is -2.16. The highest BCUT2D eigenvalue weighted by molar-refractivity contribution is 5.87. The monoisotopic (exact) mass is 311 g/mol. The number of carboxylic acid groups (broad SMARTS) is 1. The van der Waals surface area contributed by atoms with Crippen LogP contribution in [0.5, 0.6) is 0 Å². The summed E-state index contributed by atoms with van der Waals surface area (Å²) in [6.07, 6.45) is 1.04. The number of rotatable bonds is 4. The van der Waals surface area contributed by atoms with Crippen LogP contribution < -0.4 is 0 Å². The summed E-state index contributed by atoms with van der Waals surface area (Å²) in [6.45, 7) is 6.67. The first-order chi connectivity index (χ1) is 11.0. The van der Waals surface area contributed by atoms with Gasteiger partial charge >= 0.3 is 5.97 Å². The van der Waals surface area contributed by atoms with E-state index >= 15 is 0 Å². The van der Waals surface area contributed by atoms with Crippen molar-refractivity contribution in [3.05, 3.63) is 58.7 Å². The summed E-state index contributed by atoms with van der Waals surface area (Å²) in [5.41, 5.74) is 3.41. The van der Waals surface area contributed by atoms with Gasteiger partial charge in [-0.25, -0.2) is 14.8 Å². The number of benzene rings is 1. The average molecular weight is 311 g/mol. The van der Waals surface area contributed by atoms with Crippen LogP contribution in [0.2, 0.25) is 0 Å². The number of hydrogen-bond acceptors (Lipinski definition) is 4. The van der Waals surface area contributed by atoms with Crippen LogP contribution in [-0.4, -0.2) is 39.0 Å². The fourth-order valence-electron chi connectivity index (χ4n) is 3.18. The second kappa shape index (κ2) is 6.46. The number of carboxylic acids is 1. The summed E-state index contributed by atoms with van der Waals surface area (Å²) < 4.78 is 0. The molecule has 23 heavy (non-hydrogen) atoms. The highest BCUT2D eigenvalue weighted by Crippen LogP contribution is 2.26. The minimum absolute atomic E-state index is 0.343. The summed E-state index contributed by atoms with van der Waals surface area (Å²) >= 11 is 0. The van der Waals surface area contributed by atoms with Crippen molar-refractivity contribution in [2.24, 2.45) is 0 Å². The molecule has 1 atom stereocenters. The van der Waals surface area contributed by atoms with Crippen LogP contribution in [0.15, 0.2) is 30.3 Å². The zero-order valence-corrected chi connectivity index (χ0v) is 13.5. The predicted octanol–water partition coefficient (Wildman–Crippen LogP) is 2.78. The molecule has 1 N–H and O–H groups in total. The molecule has 3 rings (SSSR count). The molecule has 1 aromatic heterocycles. The second-order valence-corrected chi connectivity index (χ2v) is 6.24. The van der Waals surface area contributed by atoms with Gasteiger partial charge in [-0.15, -0.1) is 0 Å². The molecule has 0 saturated carbocycles. The van der Waals surface area contributed by atoms with Crippen LogP contribution in [0.4, 0.5) is 0 Å². The first-order valence-corrected chi connectivity index (χ1v) is 7.88. The Labute approximate surface area is 136 Å². The molecule has 1 aliphatic rings. The molecular weight excluding hydrogens is 290 g/mol. The SMILES string of the molecule is Cc1cc(C)nc([C@@H]2CCN(Cc3cccc(C(=O)O)c3)C2)n1. The lowest BCUT2D eigenvalue weighted by Crippen LogP contribution is -2.20. The lowest BCUT2D eigenvalue weighted by molar-refractivity contribution is 0.0696. The molecule has 1 aromatic carbocycles. The van der Waals surface area contributed by atoms with Crippen molar-refractivity contribution in [3.8, 4) is 0 Å². The van der Waals surface area contributed by atoms with Gasteiger partial charge in [-0.3, -0.25) is 4.90 Å². The standard InChI is InChI=1S/C18H21N3O2/c1-12-8-13(2)20-17(19-12)16-6-7-21(11-16)10-14-4-3-5-15(9-14)18(22)23/h3-5,8-9,16H,6-7,10-11H2,1-2H3,(H,22,23)/t16-/m1/s1.